The van der Waals surface area contributed by atoms with Gasteiger partial charge in [0.2, 0.25) is 5.91 Å². The number of hydrogen-bond donors (Lipinski definition) is 1. The molecule has 0 fully saturated rings. The van der Waals surface area contributed by atoms with Crippen molar-refractivity contribution in [2.24, 2.45) is 0 Å². The lowest BCUT2D eigenvalue weighted by Gasteiger charge is -2.18. The first-order valence-electron chi connectivity index (χ1n) is 7.58. The van der Waals surface area contributed by atoms with Crippen LogP contribution in [0, 0.1) is 13.8 Å². The summed E-state index contributed by atoms with van der Waals surface area (Å²) in [5, 5.41) is 2.83. The third-order valence-corrected chi connectivity index (χ3v) is 3.77. The van der Waals surface area contributed by atoms with Gasteiger partial charge < -0.3 is 14.8 Å². The van der Waals surface area contributed by atoms with Crippen molar-refractivity contribution < 1.29 is 14.3 Å². The summed E-state index contributed by atoms with van der Waals surface area (Å²) >= 11 is 0. The van der Waals surface area contributed by atoms with Crippen LogP contribution in [0.1, 0.15) is 16.7 Å². The summed E-state index contributed by atoms with van der Waals surface area (Å²) in [5.74, 6) is 1.19. The molecule has 118 valence electrons. The van der Waals surface area contributed by atoms with Crippen molar-refractivity contribution in [2.75, 3.05) is 18.5 Å². The second-order valence-electron chi connectivity index (χ2n) is 5.52. The first-order chi connectivity index (χ1) is 11.1. The summed E-state index contributed by atoms with van der Waals surface area (Å²) in [6.07, 6.45) is 3.33. The van der Waals surface area contributed by atoms with Crippen molar-refractivity contribution >= 4 is 17.7 Å². The fourth-order valence-corrected chi connectivity index (χ4v) is 2.35. The van der Waals surface area contributed by atoms with Crippen LogP contribution in [0.5, 0.6) is 11.5 Å². The predicted molar refractivity (Wildman–Crippen MR) is 91.0 cm³/mol. The summed E-state index contributed by atoms with van der Waals surface area (Å²) in [5.41, 5.74) is 4.14. The Balaban J connectivity index is 1.67. The molecular formula is C19H19NO3. The quantitative estimate of drug-likeness (QED) is 0.879. The first-order valence-corrected chi connectivity index (χ1v) is 7.58. The largest absolute Gasteiger partial charge is 0.486 e. The van der Waals surface area contributed by atoms with Gasteiger partial charge in [-0.3, -0.25) is 4.79 Å². The highest BCUT2D eigenvalue weighted by Gasteiger charge is 2.12. The van der Waals surface area contributed by atoms with Gasteiger partial charge in [0, 0.05) is 17.8 Å². The van der Waals surface area contributed by atoms with Crippen LogP contribution in [-0.4, -0.2) is 19.1 Å². The van der Waals surface area contributed by atoms with Crippen LogP contribution >= 0.6 is 0 Å². The number of rotatable bonds is 3. The molecule has 0 saturated carbocycles. The van der Waals surface area contributed by atoms with Gasteiger partial charge in [0.15, 0.2) is 11.5 Å². The molecule has 1 aliphatic heterocycles. The second-order valence-corrected chi connectivity index (χ2v) is 5.52. The minimum atomic E-state index is -0.181. The summed E-state index contributed by atoms with van der Waals surface area (Å²) in [4.78, 5) is 12.0. The number of amides is 1. The number of anilines is 1. The highest BCUT2D eigenvalue weighted by molar-refractivity contribution is 6.02. The Labute approximate surface area is 135 Å². The molecule has 0 aromatic heterocycles. The third kappa shape index (κ3) is 3.72. The minimum absolute atomic E-state index is 0.181. The molecular weight excluding hydrogens is 290 g/mol. The average molecular weight is 309 g/mol. The molecule has 2 aromatic rings. The van der Waals surface area contributed by atoms with Gasteiger partial charge in [-0.25, -0.2) is 0 Å². The third-order valence-electron chi connectivity index (χ3n) is 3.77. The molecule has 0 atom stereocenters. The lowest BCUT2D eigenvalue weighted by molar-refractivity contribution is -0.111. The molecule has 4 nitrogen and oxygen atoms in total. The Morgan fingerprint density at radius 3 is 2.57 bits per heavy atom. The topological polar surface area (TPSA) is 47.6 Å². The second kappa shape index (κ2) is 6.57. The van der Waals surface area contributed by atoms with Crippen LogP contribution in [0.2, 0.25) is 0 Å². The van der Waals surface area contributed by atoms with Gasteiger partial charge >= 0.3 is 0 Å². The lowest BCUT2D eigenvalue weighted by Crippen LogP contribution is -2.16. The van der Waals surface area contributed by atoms with Crippen molar-refractivity contribution in [1.29, 1.82) is 0 Å². The summed E-state index contributed by atoms with van der Waals surface area (Å²) < 4.78 is 11.0. The van der Waals surface area contributed by atoms with Crippen molar-refractivity contribution in [3.63, 3.8) is 0 Å². The highest BCUT2D eigenvalue weighted by atomic mass is 16.6. The van der Waals surface area contributed by atoms with E-state index in [1.165, 1.54) is 17.2 Å². The summed E-state index contributed by atoms with van der Waals surface area (Å²) in [6, 6.07) is 11.5. The average Bonchev–Trinajstić information content (AvgIpc) is 2.56. The van der Waals surface area contributed by atoms with Crippen molar-refractivity contribution in [2.45, 2.75) is 13.8 Å². The Morgan fingerprint density at radius 2 is 1.78 bits per heavy atom. The van der Waals surface area contributed by atoms with E-state index in [1.54, 1.807) is 24.3 Å². The zero-order chi connectivity index (χ0) is 16.2. The van der Waals surface area contributed by atoms with Gasteiger partial charge in [0.25, 0.3) is 0 Å². The first kappa shape index (κ1) is 15.2. The molecule has 0 unspecified atom stereocenters. The van der Waals surface area contributed by atoms with Crippen LogP contribution in [0.25, 0.3) is 6.08 Å². The van der Waals surface area contributed by atoms with E-state index in [9.17, 15) is 4.79 Å². The maximum absolute atomic E-state index is 12.0. The summed E-state index contributed by atoms with van der Waals surface area (Å²) in [7, 11) is 0. The number of ether oxygens (including phenoxy) is 2. The predicted octanol–water partition coefficient (Wildman–Crippen LogP) is 3.73. The lowest BCUT2D eigenvalue weighted by atomic mass is 10.1. The highest BCUT2D eigenvalue weighted by Crippen LogP contribution is 2.32. The van der Waals surface area contributed by atoms with Gasteiger partial charge in [-0.2, -0.15) is 0 Å². The Bertz CT molecular complexity index is 765. The fraction of sp³-hybridized carbons (Fsp3) is 0.211. The maximum Gasteiger partial charge on any atom is 0.248 e. The zero-order valence-corrected chi connectivity index (χ0v) is 13.3. The van der Waals surface area contributed by atoms with E-state index in [0.29, 0.717) is 30.4 Å². The molecule has 0 spiro atoms. The molecule has 0 aliphatic carbocycles. The van der Waals surface area contributed by atoms with E-state index in [1.807, 2.05) is 12.1 Å². The van der Waals surface area contributed by atoms with Gasteiger partial charge in [0.1, 0.15) is 13.2 Å². The zero-order valence-electron chi connectivity index (χ0n) is 13.3. The molecule has 23 heavy (non-hydrogen) atoms. The molecule has 4 heteroatoms. The molecule has 0 radical (unpaired) electrons. The molecule has 1 amide bonds. The Morgan fingerprint density at radius 1 is 1.00 bits per heavy atom. The number of aryl methyl sites for hydroxylation is 2. The molecule has 1 N–H and O–H groups in total. The molecule has 0 saturated heterocycles. The maximum atomic E-state index is 12.0. The Kier molecular flexibility index (Phi) is 4.33. The number of carbonyl (C=O) groups is 1. The molecule has 2 aromatic carbocycles. The van der Waals surface area contributed by atoms with E-state index in [0.717, 1.165) is 5.56 Å². The number of benzene rings is 2. The van der Waals surface area contributed by atoms with Crippen LogP contribution in [0.3, 0.4) is 0 Å². The van der Waals surface area contributed by atoms with E-state index < -0.39 is 0 Å². The fourth-order valence-electron chi connectivity index (χ4n) is 2.35. The number of nitrogens with one attached hydrogen (secondary N) is 1. The summed E-state index contributed by atoms with van der Waals surface area (Å²) in [6.45, 7) is 5.20. The van der Waals surface area contributed by atoms with Crippen LogP contribution < -0.4 is 14.8 Å². The number of fused-ring (bicyclic) bond motifs is 1. The van der Waals surface area contributed by atoms with E-state index >= 15 is 0 Å². The van der Waals surface area contributed by atoms with Gasteiger partial charge in [-0.15, -0.1) is 0 Å². The van der Waals surface area contributed by atoms with E-state index in [2.05, 4.69) is 25.2 Å². The standard InChI is InChI=1S/C19H19NO3/c1-13-3-4-15(11-14(13)2)5-8-19(21)20-16-6-7-17-18(12-16)23-10-9-22-17/h3-8,11-12H,9-10H2,1-2H3,(H,20,21)/b8-5+. The number of carbonyl (C=O) groups excluding carboxylic acids is 1. The monoisotopic (exact) mass is 309 g/mol. The molecule has 3 rings (SSSR count). The molecule has 0 bridgehead atoms. The SMILES string of the molecule is Cc1ccc(/C=C/C(=O)Nc2ccc3c(c2)OCCO3)cc1C. The normalized spacial score (nSPS) is 13.1. The smallest absolute Gasteiger partial charge is 0.248 e. The van der Waals surface area contributed by atoms with Crippen molar-refractivity contribution in [1.82, 2.24) is 0 Å². The Hall–Kier alpha value is -2.75. The van der Waals surface area contributed by atoms with Gasteiger partial charge in [-0.05, 0) is 48.7 Å². The van der Waals surface area contributed by atoms with E-state index in [4.69, 9.17) is 9.47 Å². The van der Waals surface area contributed by atoms with Gasteiger partial charge in [0.05, 0.1) is 0 Å². The molecule has 1 aliphatic rings. The van der Waals surface area contributed by atoms with Gasteiger partial charge in [-0.1, -0.05) is 18.2 Å². The number of hydrogen-bond acceptors (Lipinski definition) is 3. The van der Waals surface area contributed by atoms with Crippen molar-refractivity contribution in [3.8, 4) is 11.5 Å². The van der Waals surface area contributed by atoms with Crippen LogP contribution in [0.15, 0.2) is 42.5 Å². The van der Waals surface area contributed by atoms with Crippen LogP contribution in [-0.2, 0) is 4.79 Å². The minimum Gasteiger partial charge on any atom is -0.486 e. The van der Waals surface area contributed by atoms with E-state index in [-0.39, 0.29) is 5.91 Å². The molecule has 1 heterocycles. The van der Waals surface area contributed by atoms with Crippen molar-refractivity contribution in [3.05, 3.63) is 59.2 Å². The van der Waals surface area contributed by atoms with Crippen LogP contribution in [0.4, 0.5) is 5.69 Å².